The van der Waals surface area contributed by atoms with E-state index in [2.05, 4.69) is 20.0 Å². The number of nitrogens with zero attached hydrogens (tertiary/aromatic N) is 4. The van der Waals surface area contributed by atoms with Crippen molar-refractivity contribution in [2.45, 2.75) is 68.3 Å². The van der Waals surface area contributed by atoms with E-state index in [0.717, 1.165) is 19.3 Å². The molecule has 234 valence electrons. The third-order valence-electron chi connectivity index (χ3n) is 9.20. The van der Waals surface area contributed by atoms with Gasteiger partial charge in [0.2, 0.25) is 33.7 Å². The molecule has 0 radical (unpaired) electrons. The molecule has 5 aliphatic rings. The molecule has 1 aromatic rings. The zero-order valence-corrected chi connectivity index (χ0v) is 25.3. The van der Waals surface area contributed by atoms with Crippen LogP contribution in [0.1, 0.15) is 51.4 Å². The van der Waals surface area contributed by atoms with Crippen molar-refractivity contribution in [3.8, 4) is 5.88 Å². The molecule has 3 amide bonds. The Balaban J connectivity index is 1.22. The van der Waals surface area contributed by atoms with Gasteiger partial charge in [0.15, 0.2) is 0 Å². The highest BCUT2D eigenvalue weighted by molar-refractivity contribution is 7.91. The molecule has 5 atom stereocenters. The van der Waals surface area contributed by atoms with Crippen molar-refractivity contribution in [2.24, 2.45) is 17.8 Å². The Kier molecular flexibility index (Phi) is 8.33. The summed E-state index contributed by atoms with van der Waals surface area (Å²) >= 11 is 0. The van der Waals surface area contributed by atoms with E-state index in [1.165, 1.54) is 0 Å². The Hall–Kier alpha value is -3.26. The van der Waals surface area contributed by atoms with Crippen LogP contribution in [0.15, 0.2) is 24.4 Å². The third kappa shape index (κ3) is 6.49. The number of anilines is 1. The molecule has 14 heteroatoms. The normalized spacial score (nSPS) is 32.6. The average molecular weight is 617 g/mol. The van der Waals surface area contributed by atoms with Crippen LogP contribution in [-0.4, -0.2) is 97.8 Å². The molecule has 2 aliphatic heterocycles. The van der Waals surface area contributed by atoms with Crippen LogP contribution in [0.5, 0.6) is 5.88 Å². The van der Waals surface area contributed by atoms with Crippen LogP contribution >= 0.6 is 0 Å². The number of sulfonamides is 1. The van der Waals surface area contributed by atoms with E-state index in [9.17, 15) is 22.8 Å². The van der Waals surface area contributed by atoms with E-state index in [0.29, 0.717) is 70.4 Å². The van der Waals surface area contributed by atoms with Gasteiger partial charge in [-0.05, 0) is 51.4 Å². The van der Waals surface area contributed by atoms with Crippen molar-refractivity contribution in [3.05, 3.63) is 24.4 Å². The summed E-state index contributed by atoms with van der Waals surface area (Å²) < 4.78 is 39.1. The number of carbonyl (C=O) groups excluding carboxylic acids is 3. The molecule has 43 heavy (non-hydrogen) atoms. The molecule has 3 saturated carbocycles. The molecular weight excluding hydrogens is 576 g/mol. The number of allylic oxidation sites excluding steroid dienone is 1. The Labute approximate surface area is 251 Å². The highest BCUT2D eigenvalue weighted by Crippen LogP contribution is 2.47. The molecular formula is C29H40N6O7S. The number of amides is 3. The number of morpholine rings is 1. The maximum atomic E-state index is 13.9. The molecule has 0 aromatic carbocycles. The molecule has 1 saturated heterocycles. The summed E-state index contributed by atoms with van der Waals surface area (Å²) in [5.41, 5.74) is -1.36. The Morgan fingerprint density at radius 1 is 1.14 bits per heavy atom. The molecule has 0 spiro atoms. The number of hydrogen-bond donors (Lipinski definition) is 2. The van der Waals surface area contributed by atoms with Gasteiger partial charge >= 0.3 is 0 Å². The average Bonchev–Trinajstić information content (AvgIpc) is 3.92. The molecule has 6 rings (SSSR count). The van der Waals surface area contributed by atoms with Gasteiger partial charge in [0.25, 0.3) is 5.91 Å². The second-order valence-electron chi connectivity index (χ2n) is 12.3. The van der Waals surface area contributed by atoms with Gasteiger partial charge in [-0.2, -0.15) is 4.98 Å². The number of aromatic nitrogens is 2. The summed E-state index contributed by atoms with van der Waals surface area (Å²) in [6.45, 7) is 3.10. The zero-order chi connectivity index (χ0) is 30.2. The first-order valence-corrected chi connectivity index (χ1v) is 16.8. The smallest absolute Gasteiger partial charge is 0.259 e. The largest absolute Gasteiger partial charge is 0.474 e. The molecule has 3 aliphatic carbocycles. The van der Waals surface area contributed by atoms with Gasteiger partial charge < -0.3 is 24.6 Å². The first kappa shape index (κ1) is 29.8. The SMILES string of the molecule is CN1CCCC/C=C\[C@@H]2C[C@@]2(C(=O)NS(=O)(=O)C2CC2)NC(=O)[C@@H]2C[C@@H](Oc3ccnc(N4CCOCC4)n3)C[C@H]2C1=O. The quantitative estimate of drug-likeness (QED) is 0.437. The van der Waals surface area contributed by atoms with E-state index in [4.69, 9.17) is 9.47 Å². The van der Waals surface area contributed by atoms with Gasteiger partial charge in [0.05, 0.1) is 30.3 Å². The Morgan fingerprint density at radius 3 is 2.67 bits per heavy atom. The standard InChI is InChI=1S/C29H40N6O7S/c1-34-11-5-3-2-4-6-19-18-29(19,27(38)33-43(39,40)21-7-8-21)32-25(36)22-16-20(17-23(22)26(34)37)42-24-9-10-30-28(31-24)35-12-14-41-15-13-35/h4,6,9-10,19-23H,2-3,5,7-8,11-18H2,1H3,(H,32,36)(H,33,38)/b6-4-/t19-,20-,22-,23-,29-/m1/s1. The highest BCUT2D eigenvalue weighted by atomic mass is 32.2. The lowest BCUT2D eigenvalue weighted by Crippen LogP contribution is -2.54. The van der Waals surface area contributed by atoms with Crippen LogP contribution in [0.4, 0.5) is 5.95 Å². The first-order valence-electron chi connectivity index (χ1n) is 15.3. The minimum Gasteiger partial charge on any atom is -0.474 e. The lowest BCUT2D eigenvalue weighted by Gasteiger charge is -2.27. The molecule has 1 aromatic heterocycles. The highest BCUT2D eigenvalue weighted by Gasteiger charge is 2.62. The van der Waals surface area contributed by atoms with Crippen molar-refractivity contribution in [1.29, 1.82) is 0 Å². The topological polar surface area (TPSA) is 160 Å². The molecule has 2 N–H and O–H groups in total. The number of ether oxygens (including phenoxy) is 2. The van der Waals surface area contributed by atoms with Crippen LogP contribution in [-0.2, 0) is 29.1 Å². The van der Waals surface area contributed by atoms with Gasteiger partial charge in [-0.15, -0.1) is 0 Å². The van der Waals surface area contributed by atoms with Crippen LogP contribution < -0.4 is 19.7 Å². The summed E-state index contributed by atoms with van der Waals surface area (Å²) in [7, 11) is -2.04. The van der Waals surface area contributed by atoms with E-state index < -0.39 is 50.6 Å². The van der Waals surface area contributed by atoms with Gasteiger partial charge in [0, 0.05) is 44.9 Å². The lowest BCUT2D eigenvalue weighted by molar-refractivity contribution is -0.140. The molecule has 0 unspecified atom stereocenters. The summed E-state index contributed by atoms with van der Waals surface area (Å²) in [4.78, 5) is 53.6. The minimum atomic E-state index is -3.79. The molecule has 3 heterocycles. The fourth-order valence-corrected chi connectivity index (χ4v) is 7.74. The van der Waals surface area contributed by atoms with Crippen molar-refractivity contribution in [1.82, 2.24) is 24.9 Å². The lowest BCUT2D eigenvalue weighted by atomic mass is 9.93. The van der Waals surface area contributed by atoms with Crippen LogP contribution in [0.3, 0.4) is 0 Å². The monoisotopic (exact) mass is 616 g/mol. The number of rotatable bonds is 6. The van der Waals surface area contributed by atoms with Crippen molar-refractivity contribution < 1.29 is 32.3 Å². The zero-order valence-electron chi connectivity index (χ0n) is 24.4. The van der Waals surface area contributed by atoms with Crippen molar-refractivity contribution >= 4 is 33.7 Å². The van der Waals surface area contributed by atoms with Crippen LogP contribution in [0.25, 0.3) is 0 Å². The van der Waals surface area contributed by atoms with Crippen molar-refractivity contribution in [3.63, 3.8) is 0 Å². The number of hydrogen-bond acceptors (Lipinski definition) is 10. The molecule has 0 bridgehead atoms. The van der Waals surface area contributed by atoms with Crippen molar-refractivity contribution in [2.75, 3.05) is 44.8 Å². The minimum absolute atomic E-state index is 0.141. The molecule has 13 nitrogen and oxygen atoms in total. The maximum Gasteiger partial charge on any atom is 0.259 e. The van der Waals surface area contributed by atoms with E-state index in [-0.39, 0.29) is 18.2 Å². The molecule has 4 fully saturated rings. The maximum absolute atomic E-state index is 13.9. The Bertz CT molecular complexity index is 1380. The fourth-order valence-electron chi connectivity index (χ4n) is 6.38. The van der Waals surface area contributed by atoms with Gasteiger partial charge in [-0.1, -0.05) is 12.2 Å². The van der Waals surface area contributed by atoms with Gasteiger partial charge in [-0.25, -0.2) is 13.4 Å². The Morgan fingerprint density at radius 2 is 1.91 bits per heavy atom. The van der Waals surface area contributed by atoms with Gasteiger partial charge in [0.1, 0.15) is 11.6 Å². The van der Waals surface area contributed by atoms with E-state index in [1.54, 1.807) is 24.2 Å². The predicted octanol–water partition coefficient (Wildman–Crippen LogP) is 0.769. The van der Waals surface area contributed by atoms with E-state index >= 15 is 0 Å². The summed E-state index contributed by atoms with van der Waals surface area (Å²) in [5, 5.41) is 2.35. The van der Waals surface area contributed by atoms with Gasteiger partial charge in [-0.3, -0.25) is 19.1 Å². The summed E-state index contributed by atoms with van der Waals surface area (Å²) in [5.74, 6) is -2.12. The summed E-state index contributed by atoms with van der Waals surface area (Å²) in [6.07, 6.45) is 9.39. The third-order valence-corrected chi connectivity index (χ3v) is 11.0. The summed E-state index contributed by atoms with van der Waals surface area (Å²) in [6, 6.07) is 1.66. The fraction of sp³-hybridized carbons (Fsp3) is 0.690. The second-order valence-corrected chi connectivity index (χ2v) is 14.3. The number of carbonyl (C=O) groups is 3. The predicted molar refractivity (Wildman–Crippen MR) is 155 cm³/mol. The van der Waals surface area contributed by atoms with Crippen LogP contribution in [0.2, 0.25) is 0 Å². The number of fused-ring (bicyclic) bond motifs is 2. The van der Waals surface area contributed by atoms with E-state index in [1.807, 2.05) is 17.1 Å². The number of nitrogens with one attached hydrogen (secondary N) is 2. The first-order chi connectivity index (χ1) is 20.7. The van der Waals surface area contributed by atoms with Crippen LogP contribution in [0, 0.1) is 17.8 Å². The second kappa shape index (κ2) is 12.0.